The minimum absolute atomic E-state index is 0. The van der Waals surface area contributed by atoms with Crippen molar-refractivity contribution < 1.29 is 4.79 Å². The Kier molecular flexibility index (Phi) is 4.26. The molecule has 84 valence electrons. The first-order valence-corrected chi connectivity index (χ1v) is 4.84. The molecule has 1 heterocycles. The maximum Gasteiger partial charge on any atom is 0.170 e. The van der Waals surface area contributed by atoms with Gasteiger partial charge in [-0.25, -0.2) is 4.98 Å². The number of aromatic amines is 1. The number of nitrogens with zero attached hydrogens (tertiary/aromatic N) is 1. The fourth-order valence-corrected chi connectivity index (χ4v) is 1.53. The summed E-state index contributed by atoms with van der Waals surface area (Å²) in [5.74, 6) is 0.811. The third kappa shape index (κ3) is 2.70. The topological polar surface area (TPSA) is 45.8 Å². The highest BCUT2D eigenvalue weighted by molar-refractivity contribution is 5.98. The predicted molar refractivity (Wildman–Crippen MR) is 65.0 cm³/mol. The summed E-state index contributed by atoms with van der Waals surface area (Å²) >= 11 is 0. The first kappa shape index (κ1) is 12.5. The van der Waals surface area contributed by atoms with Crippen LogP contribution in [0.3, 0.4) is 0 Å². The zero-order valence-electron chi connectivity index (χ0n) is 8.93. The van der Waals surface area contributed by atoms with E-state index in [-0.39, 0.29) is 18.2 Å². The minimum atomic E-state index is 0. The first-order chi connectivity index (χ1) is 7.27. The van der Waals surface area contributed by atoms with Gasteiger partial charge >= 0.3 is 0 Å². The number of halogens is 1. The Balaban J connectivity index is 0.00000128. The number of carbonyl (C=O) groups is 1. The lowest BCUT2D eigenvalue weighted by Gasteiger charge is -2.02. The lowest BCUT2D eigenvalue weighted by Crippen LogP contribution is -2.06. The number of hydrogen-bond acceptors (Lipinski definition) is 2. The molecule has 3 nitrogen and oxygen atoms in total. The molecule has 0 saturated carbocycles. The molecule has 0 aliphatic heterocycles. The van der Waals surface area contributed by atoms with Crippen LogP contribution in [0.2, 0.25) is 0 Å². The van der Waals surface area contributed by atoms with E-state index in [4.69, 9.17) is 0 Å². The number of aromatic nitrogens is 2. The lowest BCUT2D eigenvalue weighted by atomic mass is 10.0. The molecule has 2 aromatic rings. The van der Waals surface area contributed by atoms with Crippen molar-refractivity contribution in [3.63, 3.8) is 0 Å². The van der Waals surface area contributed by atoms with E-state index in [9.17, 15) is 4.79 Å². The van der Waals surface area contributed by atoms with Crippen LogP contribution in [0.25, 0.3) is 0 Å². The molecule has 0 spiro atoms. The van der Waals surface area contributed by atoms with E-state index in [0.29, 0.717) is 12.2 Å². The van der Waals surface area contributed by atoms with Crippen molar-refractivity contribution in [2.24, 2.45) is 0 Å². The van der Waals surface area contributed by atoms with Gasteiger partial charge in [-0.3, -0.25) is 4.79 Å². The predicted octanol–water partition coefficient (Wildman–Crippen LogP) is 2.57. The van der Waals surface area contributed by atoms with Crippen LogP contribution in [-0.4, -0.2) is 15.8 Å². The van der Waals surface area contributed by atoms with Crippen molar-refractivity contribution in [1.82, 2.24) is 9.97 Å². The van der Waals surface area contributed by atoms with E-state index in [1.54, 1.807) is 12.4 Å². The number of nitrogens with one attached hydrogen (secondary N) is 1. The summed E-state index contributed by atoms with van der Waals surface area (Å²) < 4.78 is 0. The van der Waals surface area contributed by atoms with Gasteiger partial charge in [-0.05, 0) is 12.5 Å². The number of imidazole rings is 1. The van der Waals surface area contributed by atoms with Crippen LogP contribution in [0, 0.1) is 6.92 Å². The number of ketones is 1. The number of rotatable bonds is 3. The largest absolute Gasteiger partial charge is 0.348 e. The van der Waals surface area contributed by atoms with Crippen molar-refractivity contribution in [3.8, 4) is 0 Å². The molecule has 0 aliphatic rings. The van der Waals surface area contributed by atoms with Gasteiger partial charge in [0.25, 0.3) is 0 Å². The minimum Gasteiger partial charge on any atom is -0.348 e. The number of aryl methyl sites for hydroxylation is 1. The Hall–Kier alpha value is -1.61. The summed E-state index contributed by atoms with van der Waals surface area (Å²) in [5.41, 5.74) is 1.78. The van der Waals surface area contributed by atoms with E-state index in [0.717, 1.165) is 11.1 Å². The first-order valence-electron chi connectivity index (χ1n) is 4.84. The molecule has 0 radical (unpaired) electrons. The average molecular weight is 237 g/mol. The van der Waals surface area contributed by atoms with Crippen molar-refractivity contribution in [3.05, 3.63) is 53.6 Å². The van der Waals surface area contributed by atoms with E-state index >= 15 is 0 Å². The highest BCUT2D eigenvalue weighted by atomic mass is 35.5. The second-order valence-electron chi connectivity index (χ2n) is 3.45. The van der Waals surface area contributed by atoms with Gasteiger partial charge in [0.1, 0.15) is 5.82 Å². The summed E-state index contributed by atoms with van der Waals surface area (Å²) in [7, 11) is 0. The number of Topliss-reactive ketones (excluding diaryl/α,β-unsaturated/α-hetero) is 1. The Morgan fingerprint density at radius 2 is 2.12 bits per heavy atom. The molecule has 0 saturated heterocycles. The SMILES string of the molecule is Cc1ccccc1C(=O)Cc1ncc[nH]1.Cl. The van der Waals surface area contributed by atoms with E-state index < -0.39 is 0 Å². The second kappa shape index (κ2) is 5.47. The van der Waals surface area contributed by atoms with Crippen molar-refractivity contribution >= 4 is 18.2 Å². The van der Waals surface area contributed by atoms with Gasteiger partial charge < -0.3 is 4.98 Å². The summed E-state index contributed by atoms with van der Waals surface area (Å²) in [4.78, 5) is 18.8. The summed E-state index contributed by atoms with van der Waals surface area (Å²) in [6.45, 7) is 1.94. The molecule has 0 aliphatic carbocycles. The fourth-order valence-electron chi connectivity index (χ4n) is 1.53. The molecule has 16 heavy (non-hydrogen) atoms. The molecule has 0 atom stereocenters. The molecule has 1 aromatic carbocycles. The molecule has 0 unspecified atom stereocenters. The highest BCUT2D eigenvalue weighted by Gasteiger charge is 2.09. The molecule has 4 heteroatoms. The van der Waals surface area contributed by atoms with E-state index in [2.05, 4.69) is 9.97 Å². The third-order valence-corrected chi connectivity index (χ3v) is 2.33. The molecular weight excluding hydrogens is 224 g/mol. The molecule has 0 bridgehead atoms. The fraction of sp³-hybridized carbons (Fsp3) is 0.167. The monoisotopic (exact) mass is 236 g/mol. The van der Waals surface area contributed by atoms with Gasteiger partial charge in [-0.1, -0.05) is 24.3 Å². The molecule has 0 fully saturated rings. The summed E-state index contributed by atoms with van der Waals surface area (Å²) in [6, 6.07) is 7.59. The maximum absolute atomic E-state index is 11.9. The van der Waals surface area contributed by atoms with E-state index in [1.165, 1.54) is 0 Å². The van der Waals surface area contributed by atoms with Gasteiger partial charge in [-0.2, -0.15) is 0 Å². The normalized spacial score (nSPS) is 9.56. The second-order valence-corrected chi connectivity index (χ2v) is 3.45. The van der Waals surface area contributed by atoms with Gasteiger partial charge in [0, 0.05) is 18.0 Å². The third-order valence-electron chi connectivity index (χ3n) is 2.33. The van der Waals surface area contributed by atoms with Crippen LogP contribution >= 0.6 is 12.4 Å². The number of benzene rings is 1. The standard InChI is InChI=1S/C12H12N2O.ClH/c1-9-4-2-3-5-10(9)11(15)8-12-13-6-7-14-12;/h2-7H,8H2,1H3,(H,13,14);1H. The van der Waals surface area contributed by atoms with E-state index in [1.807, 2.05) is 31.2 Å². The van der Waals surface area contributed by atoms with Crippen LogP contribution < -0.4 is 0 Å². The maximum atomic E-state index is 11.9. The quantitative estimate of drug-likeness (QED) is 0.833. The highest BCUT2D eigenvalue weighted by Crippen LogP contribution is 2.09. The van der Waals surface area contributed by atoms with Crippen LogP contribution in [0.4, 0.5) is 0 Å². The number of hydrogen-bond donors (Lipinski definition) is 1. The zero-order valence-corrected chi connectivity index (χ0v) is 9.75. The van der Waals surface area contributed by atoms with Crippen molar-refractivity contribution in [2.75, 3.05) is 0 Å². The lowest BCUT2D eigenvalue weighted by molar-refractivity contribution is 0.0990. The van der Waals surface area contributed by atoms with Gasteiger partial charge in [0.15, 0.2) is 5.78 Å². The Morgan fingerprint density at radius 1 is 1.38 bits per heavy atom. The zero-order chi connectivity index (χ0) is 10.7. The van der Waals surface area contributed by atoms with Crippen LogP contribution in [0.1, 0.15) is 21.7 Å². The van der Waals surface area contributed by atoms with Gasteiger partial charge in [0.2, 0.25) is 0 Å². The molecule has 1 aromatic heterocycles. The van der Waals surface area contributed by atoms with Crippen LogP contribution in [0.15, 0.2) is 36.7 Å². The average Bonchev–Trinajstić information content (AvgIpc) is 2.71. The van der Waals surface area contributed by atoms with Crippen LogP contribution in [0.5, 0.6) is 0 Å². The van der Waals surface area contributed by atoms with Gasteiger partial charge in [0.05, 0.1) is 6.42 Å². The molecule has 2 rings (SSSR count). The molecular formula is C12H13ClN2O. The number of H-pyrrole nitrogens is 1. The summed E-state index contributed by atoms with van der Waals surface area (Å²) in [5, 5.41) is 0. The summed E-state index contributed by atoms with van der Waals surface area (Å²) in [6.07, 6.45) is 3.71. The number of carbonyl (C=O) groups excluding carboxylic acids is 1. The Morgan fingerprint density at radius 3 is 2.75 bits per heavy atom. The Bertz CT molecular complexity index is 466. The molecule has 1 N–H and O–H groups in total. The van der Waals surface area contributed by atoms with Gasteiger partial charge in [-0.15, -0.1) is 12.4 Å². The van der Waals surface area contributed by atoms with Crippen molar-refractivity contribution in [1.29, 1.82) is 0 Å². The smallest absolute Gasteiger partial charge is 0.170 e. The molecule has 0 amide bonds. The van der Waals surface area contributed by atoms with Crippen LogP contribution in [-0.2, 0) is 6.42 Å². The van der Waals surface area contributed by atoms with Crippen molar-refractivity contribution in [2.45, 2.75) is 13.3 Å². The Labute approximate surface area is 100 Å².